The summed E-state index contributed by atoms with van der Waals surface area (Å²) in [5, 5.41) is 5.68. The SMILES string of the molecule is Cc1ccc(Br)c2c(Nc3ccc(OC(C)C)cc3)nccc12. The number of hydrogen-bond donors (Lipinski definition) is 1. The third-order valence-electron chi connectivity index (χ3n) is 3.58. The average Bonchev–Trinajstić information content (AvgIpc) is 2.52. The van der Waals surface area contributed by atoms with Gasteiger partial charge in [-0.25, -0.2) is 4.98 Å². The molecule has 1 N–H and O–H groups in total. The third-order valence-corrected chi connectivity index (χ3v) is 4.24. The molecule has 0 atom stereocenters. The van der Waals surface area contributed by atoms with Crippen LogP contribution in [0.3, 0.4) is 0 Å². The zero-order chi connectivity index (χ0) is 16.4. The van der Waals surface area contributed by atoms with E-state index in [4.69, 9.17) is 4.74 Å². The number of aryl methyl sites for hydroxylation is 1. The molecule has 0 spiro atoms. The number of hydrogen-bond acceptors (Lipinski definition) is 3. The number of anilines is 2. The number of fused-ring (bicyclic) bond motifs is 1. The molecule has 4 heteroatoms. The Balaban J connectivity index is 1.94. The van der Waals surface area contributed by atoms with Crippen molar-refractivity contribution in [1.82, 2.24) is 4.98 Å². The van der Waals surface area contributed by atoms with Crippen LogP contribution in [-0.4, -0.2) is 11.1 Å². The van der Waals surface area contributed by atoms with Gasteiger partial charge in [-0.2, -0.15) is 0 Å². The Hall–Kier alpha value is -2.07. The van der Waals surface area contributed by atoms with Gasteiger partial charge in [-0.1, -0.05) is 22.0 Å². The molecule has 0 aliphatic heterocycles. The van der Waals surface area contributed by atoms with Crippen molar-refractivity contribution >= 4 is 38.2 Å². The maximum Gasteiger partial charge on any atom is 0.139 e. The Kier molecular flexibility index (Phi) is 4.53. The predicted octanol–water partition coefficient (Wildman–Crippen LogP) is 5.84. The van der Waals surface area contributed by atoms with E-state index < -0.39 is 0 Å². The van der Waals surface area contributed by atoms with Gasteiger partial charge in [-0.05, 0) is 68.1 Å². The third kappa shape index (κ3) is 3.48. The fraction of sp³-hybridized carbons (Fsp3) is 0.211. The van der Waals surface area contributed by atoms with E-state index in [0.717, 1.165) is 27.1 Å². The number of ether oxygens (including phenoxy) is 1. The number of rotatable bonds is 4. The highest BCUT2D eigenvalue weighted by Crippen LogP contribution is 2.33. The lowest BCUT2D eigenvalue weighted by Crippen LogP contribution is -2.05. The molecule has 0 saturated carbocycles. The lowest BCUT2D eigenvalue weighted by atomic mass is 10.1. The van der Waals surface area contributed by atoms with Crippen LogP contribution in [0.4, 0.5) is 11.5 Å². The highest BCUT2D eigenvalue weighted by Gasteiger charge is 2.09. The Morgan fingerprint density at radius 3 is 2.48 bits per heavy atom. The Labute approximate surface area is 144 Å². The van der Waals surface area contributed by atoms with Crippen LogP contribution in [0.5, 0.6) is 5.75 Å². The maximum atomic E-state index is 5.67. The summed E-state index contributed by atoms with van der Waals surface area (Å²) in [5.41, 5.74) is 2.21. The van der Waals surface area contributed by atoms with E-state index in [1.807, 2.05) is 50.4 Å². The van der Waals surface area contributed by atoms with Crippen molar-refractivity contribution in [3.05, 3.63) is 58.7 Å². The van der Waals surface area contributed by atoms with E-state index in [2.05, 4.69) is 45.3 Å². The second-order valence-electron chi connectivity index (χ2n) is 5.76. The molecule has 0 fully saturated rings. The number of nitrogens with zero attached hydrogens (tertiary/aromatic N) is 1. The van der Waals surface area contributed by atoms with Gasteiger partial charge < -0.3 is 10.1 Å². The Bertz CT molecular complexity index is 829. The largest absolute Gasteiger partial charge is 0.491 e. The molecule has 0 amide bonds. The molecule has 2 aromatic carbocycles. The summed E-state index contributed by atoms with van der Waals surface area (Å²) in [6.45, 7) is 6.15. The summed E-state index contributed by atoms with van der Waals surface area (Å²) in [4.78, 5) is 4.50. The van der Waals surface area contributed by atoms with Crippen molar-refractivity contribution in [3.63, 3.8) is 0 Å². The number of nitrogens with one attached hydrogen (secondary N) is 1. The molecule has 1 aromatic heterocycles. The molecule has 0 aliphatic carbocycles. The van der Waals surface area contributed by atoms with Crippen LogP contribution >= 0.6 is 15.9 Å². The van der Waals surface area contributed by atoms with Crippen LogP contribution in [0.25, 0.3) is 10.8 Å². The van der Waals surface area contributed by atoms with Crippen molar-refractivity contribution < 1.29 is 4.74 Å². The summed E-state index contributed by atoms with van der Waals surface area (Å²) < 4.78 is 6.71. The summed E-state index contributed by atoms with van der Waals surface area (Å²) in [6.07, 6.45) is 2.01. The Morgan fingerprint density at radius 1 is 1.04 bits per heavy atom. The first-order valence-corrected chi connectivity index (χ1v) is 8.41. The number of halogens is 1. The second kappa shape index (κ2) is 6.59. The van der Waals surface area contributed by atoms with E-state index in [-0.39, 0.29) is 6.10 Å². The predicted molar refractivity (Wildman–Crippen MR) is 99.7 cm³/mol. The van der Waals surface area contributed by atoms with E-state index in [9.17, 15) is 0 Å². The molecule has 0 radical (unpaired) electrons. The maximum absolute atomic E-state index is 5.67. The number of aromatic nitrogens is 1. The van der Waals surface area contributed by atoms with Crippen molar-refractivity contribution in [2.75, 3.05) is 5.32 Å². The first-order chi connectivity index (χ1) is 11.0. The van der Waals surface area contributed by atoms with Gasteiger partial charge in [0.2, 0.25) is 0 Å². The van der Waals surface area contributed by atoms with E-state index >= 15 is 0 Å². The molecule has 118 valence electrons. The van der Waals surface area contributed by atoms with Crippen LogP contribution in [0, 0.1) is 6.92 Å². The number of pyridine rings is 1. The van der Waals surface area contributed by atoms with Gasteiger partial charge in [-0.15, -0.1) is 0 Å². The van der Waals surface area contributed by atoms with Crippen molar-refractivity contribution in [1.29, 1.82) is 0 Å². The van der Waals surface area contributed by atoms with Gasteiger partial charge in [-0.3, -0.25) is 0 Å². The van der Waals surface area contributed by atoms with Crippen LogP contribution in [0.1, 0.15) is 19.4 Å². The molecule has 3 aromatic rings. The Morgan fingerprint density at radius 2 is 1.78 bits per heavy atom. The topological polar surface area (TPSA) is 34.1 Å². The highest BCUT2D eigenvalue weighted by atomic mass is 79.9. The molecule has 1 heterocycles. The van der Waals surface area contributed by atoms with Crippen LogP contribution in [0.2, 0.25) is 0 Å². The van der Waals surface area contributed by atoms with Crippen molar-refractivity contribution in [2.45, 2.75) is 26.9 Å². The van der Waals surface area contributed by atoms with Gasteiger partial charge in [0.05, 0.1) is 6.10 Å². The lowest BCUT2D eigenvalue weighted by molar-refractivity contribution is 0.242. The fourth-order valence-electron chi connectivity index (χ4n) is 2.52. The molecule has 23 heavy (non-hydrogen) atoms. The normalized spacial score (nSPS) is 11.0. The zero-order valence-corrected chi connectivity index (χ0v) is 15.0. The second-order valence-corrected chi connectivity index (χ2v) is 6.62. The van der Waals surface area contributed by atoms with Gasteiger partial charge in [0.1, 0.15) is 11.6 Å². The minimum Gasteiger partial charge on any atom is -0.491 e. The minimum absolute atomic E-state index is 0.174. The standard InChI is InChI=1S/C19H19BrN2O/c1-12(2)23-15-7-5-14(6-8-15)22-19-18-16(10-11-21-19)13(3)4-9-17(18)20/h4-12H,1-3H3,(H,21,22). The molecule has 3 nitrogen and oxygen atoms in total. The zero-order valence-electron chi connectivity index (χ0n) is 13.4. The fourth-order valence-corrected chi connectivity index (χ4v) is 3.06. The van der Waals surface area contributed by atoms with Gasteiger partial charge in [0.25, 0.3) is 0 Å². The van der Waals surface area contributed by atoms with Gasteiger partial charge in [0, 0.05) is 21.7 Å². The molecular weight excluding hydrogens is 352 g/mol. The smallest absolute Gasteiger partial charge is 0.139 e. The van der Waals surface area contributed by atoms with E-state index in [1.165, 1.54) is 10.9 Å². The van der Waals surface area contributed by atoms with Crippen LogP contribution in [0.15, 0.2) is 53.1 Å². The van der Waals surface area contributed by atoms with Gasteiger partial charge in [0.15, 0.2) is 0 Å². The monoisotopic (exact) mass is 370 g/mol. The molecular formula is C19H19BrN2O. The molecule has 0 aliphatic rings. The van der Waals surface area contributed by atoms with E-state index in [0.29, 0.717) is 0 Å². The summed E-state index contributed by atoms with van der Waals surface area (Å²) in [5.74, 6) is 1.71. The average molecular weight is 371 g/mol. The van der Waals surface area contributed by atoms with Crippen molar-refractivity contribution in [2.24, 2.45) is 0 Å². The summed E-state index contributed by atoms with van der Waals surface area (Å²) in [7, 11) is 0. The van der Waals surface area contributed by atoms with Gasteiger partial charge >= 0.3 is 0 Å². The summed E-state index contributed by atoms with van der Waals surface area (Å²) >= 11 is 3.63. The molecule has 3 rings (SSSR count). The lowest BCUT2D eigenvalue weighted by Gasteiger charge is -2.13. The minimum atomic E-state index is 0.174. The van der Waals surface area contributed by atoms with Crippen LogP contribution < -0.4 is 10.1 Å². The molecule has 0 unspecified atom stereocenters. The number of benzene rings is 2. The first kappa shape index (κ1) is 15.8. The molecule has 0 saturated heterocycles. The quantitative estimate of drug-likeness (QED) is 0.626. The first-order valence-electron chi connectivity index (χ1n) is 7.62. The van der Waals surface area contributed by atoms with Crippen LogP contribution in [-0.2, 0) is 0 Å². The highest BCUT2D eigenvalue weighted by molar-refractivity contribution is 9.10. The summed E-state index contributed by atoms with van der Waals surface area (Å²) in [6, 6.07) is 14.1. The van der Waals surface area contributed by atoms with E-state index in [1.54, 1.807) is 0 Å². The van der Waals surface area contributed by atoms with Crippen molar-refractivity contribution in [3.8, 4) is 5.75 Å². The molecule has 0 bridgehead atoms.